The minimum atomic E-state index is -0.726. The van der Waals surface area contributed by atoms with E-state index in [1.807, 2.05) is 26.2 Å². The Kier molecular flexibility index (Phi) is 3.25. The average molecular weight is 262 g/mol. The summed E-state index contributed by atoms with van der Waals surface area (Å²) < 4.78 is 5.55. The van der Waals surface area contributed by atoms with Crippen molar-refractivity contribution >= 4 is 5.69 Å². The first kappa shape index (κ1) is 12.9. The Labute approximate surface area is 114 Å². The molecule has 2 fully saturated rings. The van der Waals surface area contributed by atoms with Gasteiger partial charge < -0.3 is 20.1 Å². The molecule has 4 heteroatoms. The van der Waals surface area contributed by atoms with E-state index in [-0.39, 0.29) is 12.1 Å². The van der Waals surface area contributed by atoms with E-state index in [9.17, 15) is 5.11 Å². The Bertz CT molecular complexity index is 449. The summed E-state index contributed by atoms with van der Waals surface area (Å²) in [7, 11) is 4.04. The molecule has 2 bridgehead atoms. The minimum absolute atomic E-state index is 0.264. The van der Waals surface area contributed by atoms with Gasteiger partial charge in [-0.15, -0.1) is 0 Å². The lowest BCUT2D eigenvalue weighted by Crippen LogP contribution is -2.58. The van der Waals surface area contributed by atoms with Crippen LogP contribution in [0.2, 0.25) is 0 Å². The number of fused-ring (bicyclic) bond motifs is 2. The van der Waals surface area contributed by atoms with E-state index < -0.39 is 5.60 Å². The molecule has 1 aromatic carbocycles. The van der Waals surface area contributed by atoms with Crippen molar-refractivity contribution in [1.82, 2.24) is 5.32 Å². The third-order valence-corrected chi connectivity index (χ3v) is 4.18. The number of piperidine rings is 1. The minimum Gasteiger partial charge on any atom is -0.385 e. The second kappa shape index (κ2) is 4.78. The van der Waals surface area contributed by atoms with Crippen molar-refractivity contribution < 1.29 is 9.84 Å². The zero-order chi connectivity index (χ0) is 13.5. The zero-order valence-corrected chi connectivity index (χ0v) is 11.6. The van der Waals surface area contributed by atoms with Crippen LogP contribution in [0.15, 0.2) is 24.3 Å². The van der Waals surface area contributed by atoms with Crippen molar-refractivity contribution in [3.63, 3.8) is 0 Å². The van der Waals surface area contributed by atoms with Crippen LogP contribution in [-0.4, -0.2) is 44.5 Å². The highest BCUT2D eigenvalue weighted by atomic mass is 16.5. The van der Waals surface area contributed by atoms with E-state index >= 15 is 0 Å². The smallest absolute Gasteiger partial charge is 0.0928 e. The van der Waals surface area contributed by atoms with Crippen LogP contribution in [0.25, 0.3) is 0 Å². The van der Waals surface area contributed by atoms with Crippen LogP contribution in [0.4, 0.5) is 5.69 Å². The summed E-state index contributed by atoms with van der Waals surface area (Å²) >= 11 is 0. The van der Waals surface area contributed by atoms with Crippen molar-refractivity contribution in [1.29, 1.82) is 0 Å². The van der Waals surface area contributed by atoms with Gasteiger partial charge in [-0.25, -0.2) is 0 Å². The fourth-order valence-corrected chi connectivity index (χ4v) is 3.23. The van der Waals surface area contributed by atoms with Crippen LogP contribution in [-0.2, 0) is 10.3 Å². The first-order valence-electron chi connectivity index (χ1n) is 6.91. The maximum Gasteiger partial charge on any atom is 0.0928 e. The molecule has 2 saturated heterocycles. The van der Waals surface area contributed by atoms with Gasteiger partial charge in [-0.2, -0.15) is 0 Å². The van der Waals surface area contributed by atoms with Crippen LogP contribution >= 0.6 is 0 Å². The Hall–Kier alpha value is -1.10. The van der Waals surface area contributed by atoms with Gasteiger partial charge in [0, 0.05) is 31.9 Å². The number of rotatable bonds is 2. The van der Waals surface area contributed by atoms with Crippen LogP contribution in [0, 0.1) is 0 Å². The second-order valence-corrected chi connectivity index (χ2v) is 5.98. The van der Waals surface area contributed by atoms with Gasteiger partial charge in [-0.3, -0.25) is 0 Å². The summed E-state index contributed by atoms with van der Waals surface area (Å²) in [5.41, 5.74) is 1.43. The van der Waals surface area contributed by atoms with Crippen LogP contribution in [0.5, 0.6) is 0 Å². The Morgan fingerprint density at radius 1 is 1.26 bits per heavy atom. The van der Waals surface area contributed by atoms with Crippen LogP contribution in [0.1, 0.15) is 18.4 Å². The van der Waals surface area contributed by atoms with Gasteiger partial charge in [0.15, 0.2) is 0 Å². The van der Waals surface area contributed by atoms with Crippen molar-refractivity contribution in [2.75, 3.05) is 32.2 Å². The summed E-state index contributed by atoms with van der Waals surface area (Å²) in [6, 6.07) is 8.76. The normalized spacial score (nSPS) is 34.1. The van der Waals surface area contributed by atoms with Crippen molar-refractivity contribution in [3.05, 3.63) is 29.8 Å². The van der Waals surface area contributed by atoms with E-state index in [0.717, 1.165) is 24.1 Å². The number of morpholine rings is 1. The number of nitrogens with zero attached hydrogens (tertiary/aromatic N) is 1. The van der Waals surface area contributed by atoms with Gasteiger partial charge in [0.1, 0.15) is 0 Å². The maximum absolute atomic E-state index is 11.0. The SMILES string of the molecule is CN(C)c1cccc(C2(O)CC3COCC(C2)N3)c1. The van der Waals surface area contributed by atoms with E-state index in [1.165, 1.54) is 0 Å². The van der Waals surface area contributed by atoms with Gasteiger partial charge in [-0.05, 0) is 30.5 Å². The Balaban J connectivity index is 1.89. The lowest BCUT2D eigenvalue weighted by Gasteiger charge is -2.45. The summed E-state index contributed by atoms with van der Waals surface area (Å²) in [6.07, 6.45) is 1.45. The number of ether oxygens (including phenoxy) is 1. The second-order valence-electron chi connectivity index (χ2n) is 5.98. The maximum atomic E-state index is 11.0. The van der Waals surface area contributed by atoms with Gasteiger partial charge in [0.25, 0.3) is 0 Å². The summed E-state index contributed by atoms with van der Waals surface area (Å²) in [6.45, 7) is 1.40. The van der Waals surface area contributed by atoms with Gasteiger partial charge in [0.05, 0.1) is 18.8 Å². The molecule has 2 aliphatic rings. The number of hydrogen-bond acceptors (Lipinski definition) is 4. The summed E-state index contributed by atoms with van der Waals surface area (Å²) in [4.78, 5) is 2.07. The molecule has 2 atom stereocenters. The number of anilines is 1. The van der Waals surface area contributed by atoms with Gasteiger partial charge in [0.2, 0.25) is 0 Å². The van der Waals surface area contributed by atoms with Gasteiger partial charge in [-0.1, -0.05) is 12.1 Å². The fraction of sp³-hybridized carbons (Fsp3) is 0.600. The molecule has 2 N–H and O–H groups in total. The quantitative estimate of drug-likeness (QED) is 0.837. The molecule has 0 aromatic heterocycles. The highest BCUT2D eigenvalue weighted by Crippen LogP contribution is 2.37. The molecule has 0 radical (unpaired) electrons. The van der Waals surface area contributed by atoms with Gasteiger partial charge >= 0.3 is 0 Å². The van der Waals surface area contributed by atoms with Crippen LogP contribution in [0.3, 0.4) is 0 Å². The molecule has 4 nitrogen and oxygen atoms in total. The highest BCUT2D eigenvalue weighted by molar-refractivity contribution is 5.48. The number of benzene rings is 1. The first-order chi connectivity index (χ1) is 9.07. The molecule has 19 heavy (non-hydrogen) atoms. The molecule has 0 saturated carbocycles. The molecule has 3 rings (SSSR count). The van der Waals surface area contributed by atoms with Crippen molar-refractivity contribution in [2.45, 2.75) is 30.5 Å². The number of aliphatic hydroxyl groups is 1. The molecule has 0 amide bonds. The number of hydrogen-bond donors (Lipinski definition) is 2. The Morgan fingerprint density at radius 2 is 1.95 bits per heavy atom. The predicted molar refractivity (Wildman–Crippen MR) is 75.4 cm³/mol. The van der Waals surface area contributed by atoms with Crippen LogP contribution < -0.4 is 10.2 Å². The average Bonchev–Trinajstić information content (AvgIpc) is 2.38. The third kappa shape index (κ3) is 2.48. The monoisotopic (exact) mass is 262 g/mol. The lowest BCUT2D eigenvalue weighted by atomic mass is 9.78. The van der Waals surface area contributed by atoms with Crippen molar-refractivity contribution in [3.8, 4) is 0 Å². The van der Waals surface area contributed by atoms with E-state index in [4.69, 9.17) is 4.74 Å². The highest BCUT2D eigenvalue weighted by Gasteiger charge is 2.42. The zero-order valence-electron chi connectivity index (χ0n) is 11.6. The standard InChI is InChI=1S/C15H22N2O2/c1-17(2)14-5-3-4-11(6-14)15(18)7-12-9-19-10-13(8-15)16-12/h3-6,12-13,16,18H,7-10H2,1-2H3. The summed E-state index contributed by atoms with van der Waals surface area (Å²) in [5, 5.41) is 14.6. The third-order valence-electron chi connectivity index (χ3n) is 4.18. The molecule has 2 aliphatic heterocycles. The summed E-state index contributed by atoms with van der Waals surface area (Å²) in [5.74, 6) is 0. The predicted octanol–water partition coefficient (Wildman–Crippen LogP) is 1.09. The molecule has 0 aliphatic carbocycles. The Morgan fingerprint density at radius 3 is 2.58 bits per heavy atom. The molecule has 104 valence electrons. The van der Waals surface area contributed by atoms with Crippen molar-refractivity contribution in [2.24, 2.45) is 0 Å². The molecule has 2 heterocycles. The molecule has 2 unspecified atom stereocenters. The first-order valence-corrected chi connectivity index (χ1v) is 6.91. The largest absolute Gasteiger partial charge is 0.385 e. The topological polar surface area (TPSA) is 44.7 Å². The lowest BCUT2D eigenvalue weighted by molar-refractivity contribution is -0.0802. The molecule has 0 spiro atoms. The molecular formula is C15H22N2O2. The fourth-order valence-electron chi connectivity index (χ4n) is 3.23. The number of nitrogens with one attached hydrogen (secondary N) is 1. The van der Waals surface area contributed by atoms with E-state index in [2.05, 4.69) is 22.3 Å². The van der Waals surface area contributed by atoms with E-state index in [1.54, 1.807) is 0 Å². The van der Waals surface area contributed by atoms with E-state index in [0.29, 0.717) is 13.2 Å². The molecular weight excluding hydrogens is 240 g/mol. The molecule has 1 aromatic rings.